The van der Waals surface area contributed by atoms with Crippen molar-refractivity contribution >= 4 is 0 Å². The minimum atomic E-state index is 0.112. The molecule has 82 valence electrons. The van der Waals surface area contributed by atoms with Crippen molar-refractivity contribution < 1.29 is 0 Å². The van der Waals surface area contributed by atoms with Gasteiger partial charge in [-0.1, -0.05) is 45.6 Å². The third-order valence-corrected chi connectivity index (χ3v) is 1.87. The Balaban J connectivity index is 0. The summed E-state index contributed by atoms with van der Waals surface area (Å²) in [4.78, 5) is 0. The van der Waals surface area contributed by atoms with E-state index < -0.39 is 0 Å². The van der Waals surface area contributed by atoms with Crippen molar-refractivity contribution in [3.63, 3.8) is 0 Å². The maximum absolute atomic E-state index is 5.81. The molecule has 0 radical (unpaired) electrons. The summed E-state index contributed by atoms with van der Waals surface area (Å²) in [5.41, 5.74) is 8.31. The molecular weight excluding hydrogens is 170 g/mol. The lowest BCUT2D eigenvalue weighted by Crippen LogP contribution is -2.19. The van der Waals surface area contributed by atoms with Crippen LogP contribution < -0.4 is 5.73 Å². The second-order valence-electron chi connectivity index (χ2n) is 2.81. The van der Waals surface area contributed by atoms with E-state index in [0.717, 1.165) is 6.42 Å². The van der Waals surface area contributed by atoms with Gasteiger partial charge in [-0.05, 0) is 31.4 Å². The molecule has 0 aliphatic rings. The SMILES string of the molecule is C=C/C=C(CC)\C(=C/C)C(C)N.CC. The van der Waals surface area contributed by atoms with Gasteiger partial charge >= 0.3 is 0 Å². The molecule has 2 N–H and O–H groups in total. The number of hydrogen-bond donors (Lipinski definition) is 1. The lowest BCUT2D eigenvalue weighted by atomic mass is 9.97. The third-order valence-electron chi connectivity index (χ3n) is 1.87. The molecule has 14 heavy (non-hydrogen) atoms. The van der Waals surface area contributed by atoms with Gasteiger partial charge in [0.05, 0.1) is 0 Å². The van der Waals surface area contributed by atoms with Crippen LogP contribution in [-0.4, -0.2) is 6.04 Å². The topological polar surface area (TPSA) is 26.0 Å². The van der Waals surface area contributed by atoms with Crippen LogP contribution in [0.2, 0.25) is 0 Å². The zero-order valence-electron chi connectivity index (χ0n) is 10.3. The predicted molar refractivity (Wildman–Crippen MR) is 67.3 cm³/mol. The van der Waals surface area contributed by atoms with E-state index in [9.17, 15) is 0 Å². The van der Waals surface area contributed by atoms with Crippen molar-refractivity contribution in [1.82, 2.24) is 0 Å². The van der Waals surface area contributed by atoms with Crippen LogP contribution in [0.25, 0.3) is 0 Å². The van der Waals surface area contributed by atoms with Crippen LogP contribution in [-0.2, 0) is 0 Å². The highest BCUT2D eigenvalue weighted by atomic mass is 14.6. The summed E-state index contributed by atoms with van der Waals surface area (Å²) < 4.78 is 0. The molecule has 0 saturated carbocycles. The van der Waals surface area contributed by atoms with Crippen molar-refractivity contribution in [2.45, 2.75) is 47.1 Å². The van der Waals surface area contributed by atoms with Gasteiger partial charge in [-0.15, -0.1) is 0 Å². The quantitative estimate of drug-likeness (QED) is 0.678. The summed E-state index contributed by atoms with van der Waals surface area (Å²) >= 11 is 0. The Kier molecular flexibility index (Phi) is 11.5. The fourth-order valence-corrected chi connectivity index (χ4v) is 1.30. The summed E-state index contributed by atoms with van der Waals surface area (Å²) in [6.45, 7) is 13.8. The van der Waals surface area contributed by atoms with Gasteiger partial charge in [0.25, 0.3) is 0 Å². The Labute approximate surface area is 89.4 Å². The normalized spacial score (nSPS) is 14.1. The van der Waals surface area contributed by atoms with Crippen molar-refractivity contribution in [2.75, 3.05) is 0 Å². The molecule has 1 unspecified atom stereocenters. The Morgan fingerprint density at radius 3 is 2.14 bits per heavy atom. The Hall–Kier alpha value is -0.820. The summed E-state index contributed by atoms with van der Waals surface area (Å²) in [6.07, 6.45) is 6.92. The van der Waals surface area contributed by atoms with Crippen LogP contribution in [0, 0.1) is 0 Å². The molecule has 0 aliphatic carbocycles. The molecule has 0 aromatic carbocycles. The van der Waals surface area contributed by atoms with E-state index in [1.807, 2.05) is 39.8 Å². The van der Waals surface area contributed by atoms with Crippen LogP contribution in [0.15, 0.2) is 36.0 Å². The van der Waals surface area contributed by atoms with Crippen molar-refractivity contribution in [3.8, 4) is 0 Å². The molecular formula is C13H25N. The fraction of sp³-hybridized carbons (Fsp3) is 0.538. The van der Waals surface area contributed by atoms with Gasteiger partial charge in [0.15, 0.2) is 0 Å². The summed E-state index contributed by atoms with van der Waals surface area (Å²) in [7, 11) is 0. The lowest BCUT2D eigenvalue weighted by Gasteiger charge is -2.13. The first-order chi connectivity index (χ1) is 6.67. The van der Waals surface area contributed by atoms with Crippen LogP contribution in [0.1, 0.15) is 41.0 Å². The van der Waals surface area contributed by atoms with Crippen LogP contribution in [0.4, 0.5) is 0 Å². The molecule has 0 aromatic rings. The van der Waals surface area contributed by atoms with Crippen LogP contribution in [0.3, 0.4) is 0 Å². The highest BCUT2D eigenvalue weighted by molar-refractivity contribution is 5.35. The molecule has 0 fully saturated rings. The second kappa shape index (κ2) is 10.3. The van der Waals surface area contributed by atoms with Gasteiger partial charge in [-0.2, -0.15) is 0 Å². The molecule has 0 spiro atoms. The first-order valence-corrected chi connectivity index (χ1v) is 5.41. The highest BCUT2D eigenvalue weighted by Gasteiger charge is 2.05. The van der Waals surface area contributed by atoms with E-state index in [-0.39, 0.29) is 6.04 Å². The fourth-order valence-electron chi connectivity index (χ4n) is 1.30. The van der Waals surface area contributed by atoms with Crippen LogP contribution in [0.5, 0.6) is 0 Å². The molecule has 0 amide bonds. The van der Waals surface area contributed by atoms with E-state index in [1.54, 1.807) is 0 Å². The number of rotatable bonds is 4. The first-order valence-electron chi connectivity index (χ1n) is 5.41. The predicted octanol–water partition coefficient (Wildman–Crippen LogP) is 3.83. The molecule has 1 nitrogen and oxygen atoms in total. The van der Waals surface area contributed by atoms with E-state index in [4.69, 9.17) is 5.73 Å². The average Bonchev–Trinajstić information content (AvgIpc) is 2.20. The van der Waals surface area contributed by atoms with Crippen molar-refractivity contribution in [1.29, 1.82) is 0 Å². The van der Waals surface area contributed by atoms with E-state index >= 15 is 0 Å². The number of allylic oxidation sites excluding steroid dienone is 3. The molecule has 0 aromatic heterocycles. The molecule has 0 rings (SSSR count). The van der Waals surface area contributed by atoms with E-state index in [2.05, 4.69) is 19.6 Å². The van der Waals surface area contributed by atoms with Crippen molar-refractivity contribution in [3.05, 3.63) is 36.0 Å². The van der Waals surface area contributed by atoms with Crippen molar-refractivity contribution in [2.24, 2.45) is 5.73 Å². The number of nitrogens with two attached hydrogens (primary N) is 1. The summed E-state index contributed by atoms with van der Waals surface area (Å²) in [5.74, 6) is 0. The molecule has 0 saturated heterocycles. The Morgan fingerprint density at radius 1 is 1.43 bits per heavy atom. The van der Waals surface area contributed by atoms with Gasteiger partial charge in [-0.3, -0.25) is 0 Å². The van der Waals surface area contributed by atoms with Gasteiger partial charge in [-0.25, -0.2) is 0 Å². The highest BCUT2D eigenvalue weighted by Crippen LogP contribution is 2.16. The maximum Gasteiger partial charge on any atom is 0.0265 e. The zero-order chi connectivity index (χ0) is 11.6. The van der Waals surface area contributed by atoms with E-state index in [1.165, 1.54) is 11.1 Å². The second-order valence-corrected chi connectivity index (χ2v) is 2.81. The summed E-state index contributed by atoms with van der Waals surface area (Å²) in [6, 6.07) is 0.112. The monoisotopic (exact) mass is 195 g/mol. The standard InChI is InChI=1S/C11H19N.C2H6/c1-5-8-10(6-2)11(7-3)9(4)12;1-2/h5,7-9H,1,6,12H2,2-4H3;1-2H3/b10-8-,11-7-;. The Morgan fingerprint density at radius 2 is 1.93 bits per heavy atom. The van der Waals surface area contributed by atoms with Gasteiger partial charge < -0.3 is 5.73 Å². The molecule has 0 aliphatic heterocycles. The number of hydrogen-bond acceptors (Lipinski definition) is 1. The van der Waals surface area contributed by atoms with Gasteiger partial charge in [0.2, 0.25) is 0 Å². The van der Waals surface area contributed by atoms with Gasteiger partial charge in [0.1, 0.15) is 0 Å². The minimum absolute atomic E-state index is 0.112. The first kappa shape index (κ1) is 15.6. The summed E-state index contributed by atoms with van der Waals surface area (Å²) in [5, 5.41) is 0. The molecule has 1 heteroatoms. The molecule has 1 atom stereocenters. The van der Waals surface area contributed by atoms with E-state index in [0.29, 0.717) is 0 Å². The van der Waals surface area contributed by atoms with Gasteiger partial charge in [0, 0.05) is 6.04 Å². The zero-order valence-corrected chi connectivity index (χ0v) is 10.3. The Bertz CT molecular complexity index is 197. The molecule has 0 bridgehead atoms. The third kappa shape index (κ3) is 5.76. The average molecular weight is 195 g/mol. The molecule has 0 heterocycles. The largest absolute Gasteiger partial charge is 0.324 e. The maximum atomic E-state index is 5.81. The minimum Gasteiger partial charge on any atom is -0.324 e. The van der Waals surface area contributed by atoms with Crippen LogP contribution >= 0.6 is 0 Å². The lowest BCUT2D eigenvalue weighted by molar-refractivity contribution is 0.849. The smallest absolute Gasteiger partial charge is 0.0265 e.